The van der Waals surface area contributed by atoms with Crippen molar-refractivity contribution in [3.05, 3.63) is 0 Å². The Kier molecular flexibility index (Phi) is 16.6. The number of carboxylic acids is 3. The van der Waals surface area contributed by atoms with E-state index >= 15 is 0 Å². The van der Waals surface area contributed by atoms with Crippen molar-refractivity contribution in [2.45, 2.75) is 31.7 Å². The normalized spacial score (nSPS) is 13.9. The third kappa shape index (κ3) is 25.6. The van der Waals surface area contributed by atoms with Gasteiger partial charge in [-0.3, -0.25) is 9.59 Å². The van der Waals surface area contributed by atoms with Crippen molar-refractivity contribution in [3.63, 3.8) is 0 Å². The molecule has 0 spiro atoms. The number of quaternary nitrogens is 2. The van der Waals surface area contributed by atoms with E-state index in [-0.39, 0.29) is 13.0 Å². The first-order valence-corrected chi connectivity index (χ1v) is 9.16. The molecule has 6 N–H and O–H groups in total. The third-order valence-electron chi connectivity index (χ3n) is 3.06. The molecule has 0 saturated heterocycles. The molecule has 0 radical (unpaired) electrons. The Labute approximate surface area is 181 Å². The number of carbonyl (C=O) groups is 4. The minimum Gasteiger partial charge on any atom is -0.481 e. The van der Waals surface area contributed by atoms with E-state index in [1.165, 1.54) is 6.92 Å². The lowest BCUT2D eigenvalue weighted by atomic mass is 10.2. The van der Waals surface area contributed by atoms with Crippen LogP contribution in [0.2, 0.25) is 0 Å². The SMILES string of the molecule is CC(=O)O[C@H](CC(=O)O)C[N+](C)(C)C.C[N+](C)(C)CCO.O=C(O)[C@@H](O)[C@H](O)C(=O)O. The number of hydrogen-bond donors (Lipinski definition) is 6. The molecule has 0 amide bonds. The summed E-state index contributed by atoms with van der Waals surface area (Å²) in [6.45, 7) is 2.89. The van der Waals surface area contributed by atoms with Gasteiger partial charge in [-0.25, -0.2) is 9.59 Å². The fraction of sp³-hybridized carbons (Fsp3) is 0.778. The van der Waals surface area contributed by atoms with Crippen LogP contribution in [0.3, 0.4) is 0 Å². The molecular formula is C18H38N2O11+2. The van der Waals surface area contributed by atoms with E-state index in [0.717, 1.165) is 11.0 Å². The van der Waals surface area contributed by atoms with Gasteiger partial charge in [0.05, 0.1) is 55.3 Å². The fourth-order valence-electron chi connectivity index (χ4n) is 1.75. The second-order valence-electron chi connectivity index (χ2n) is 8.61. The predicted octanol–water partition coefficient (Wildman–Crippen LogP) is -2.34. The topological polar surface area (TPSA) is 199 Å². The van der Waals surface area contributed by atoms with Gasteiger partial charge in [-0.15, -0.1) is 0 Å². The number of aliphatic carboxylic acids is 3. The molecule has 0 aromatic carbocycles. The number of rotatable bonds is 10. The summed E-state index contributed by atoms with van der Waals surface area (Å²) in [5.41, 5.74) is 0. The van der Waals surface area contributed by atoms with Crippen LogP contribution < -0.4 is 0 Å². The molecule has 0 aliphatic heterocycles. The van der Waals surface area contributed by atoms with E-state index < -0.39 is 42.2 Å². The summed E-state index contributed by atoms with van der Waals surface area (Å²) in [6.07, 6.45) is -5.23. The van der Waals surface area contributed by atoms with Crippen LogP contribution in [0.4, 0.5) is 0 Å². The van der Waals surface area contributed by atoms with Crippen molar-refractivity contribution in [1.82, 2.24) is 0 Å². The van der Waals surface area contributed by atoms with Gasteiger partial charge in [-0.05, 0) is 0 Å². The molecule has 0 saturated carbocycles. The van der Waals surface area contributed by atoms with E-state index in [0.29, 0.717) is 11.0 Å². The molecule has 0 aliphatic carbocycles. The van der Waals surface area contributed by atoms with E-state index in [9.17, 15) is 19.2 Å². The summed E-state index contributed by atoms with van der Waals surface area (Å²) in [6, 6.07) is 0. The number of carboxylic acid groups (broad SMARTS) is 3. The van der Waals surface area contributed by atoms with Gasteiger partial charge in [0.25, 0.3) is 0 Å². The van der Waals surface area contributed by atoms with E-state index in [1.807, 2.05) is 21.1 Å². The number of carbonyl (C=O) groups excluding carboxylic acids is 1. The maximum absolute atomic E-state index is 10.7. The summed E-state index contributed by atoms with van der Waals surface area (Å²) in [5, 5.41) is 49.5. The Morgan fingerprint density at radius 1 is 0.806 bits per heavy atom. The molecule has 0 aromatic rings. The van der Waals surface area contributed by atoms with Crippen LogP contribution >= 0.6 is 0 Å². The quantitative estimate of drug-likeness (QED) is 0.151. The molecule has 0 bridgehead atoms. The minimum atomic E-state index is -2.27. The molecule has 0 aliphatic rings. The first kappa shape index (κ1) is 33.3. The Balaban J connectivity index is -0.000000404. The molecule has 184 valence electrons. The van der Waals surface area contributed by atoms with Crippen LogP contribution in [-0.4, -0.2) is 144 Å². The van der Waals surface area contributed by atoms with Gasteiger partial charge in [-0.1, -0.05) is 0 Å². The lowest BCUT2D eigenvalue weighted by molar-refractivity contribution is -0.873. The number of aliphatic hydroxyl groups excluding tert-OH is 3. The van der Waals surface area contributed by atoms with E-state index in [4.69, 9.17) is 35.4 Å². The lowest BCUT2D eigenvalue weighted by Crippen LogP contribution is -2.43. The zero-order valence-electron chi connectivity index (χ0n) is 19.2. The molecular weight excluding hydrogens is 420 g/mol. The molecule has 0 aromatic heterocycles. The first-order valence-electron chi connectivity index (χ1n) is 9.16. The first-order chi connectivity index (χ1) is 13.7. The van der Waals surface area contributed by atoms with Crippen molar-refractivity contribution >= 4 is 23.9 Å². The van der Waals surface area contributed by atoms with Gasteiger partial charge < -0.3 is 44.3 Å². The number of esters is 1. The van der Waals surface area contributed by atoms with Gasteiger partial charge in [0.2, 0.25) is 0 Å². The molecule has 3 atom stereocenters. The van der Waals surface area contributed by atoms with Gasteiger partial charge in [-0.2, -0.15) is 0 Å². The summed E-state index contributed by atoms with van der Waals surface area (Å²) < 4.78 is 6.31. The Hall–Kier alpha value is -2.32. The monoisotopic (exact) mass is 458 g/mol. The van der Waals surface area contributed by atoms with Crippen LogP contribution in [0, 0.1) is 0 Å². The highest BCUT2D eigenvalue weighted by Crippen LogP contribution is 2.05. The fourth-order valence-corrected chi connectivity index (χ4v) is 1.75. The highest BCUT2D eigenvalue weighted by molar-refractivity contribution is 5.83. The average molecular weight is 459 g/mol. The standard InChI is InChI=1S/C9H17NO4.C5H14NO.C4H6O6/c1-7(11)14-8(5-9(12)13)6-10(2,3)4;1-6(2,3)4-5-7;5-1(3(7)8)2(6)4(9)10/h8H,5-6H2,1-4H3;7H,4-5H2,1-3H3;1-2,5-6H,(H,7,8)(H,9,10)/q;+1;/p+1/t8-;;1-,2-/m1.0/s1. The predicted molar refractivity (Wildman–Crippen MR) is 108 cm³/mol. The Morgan fingerprint density at radius 2 is 1.19 bits per heavy atom. The highest BCUT2D eigenvalue weighted by Gasteiger charge is 2.29. The van der Waals surface area contributed by atoms with Crippen LogP contribution in [0.25, 0.3) is 0 Å². The van der Waals surface area contributed by atoms with Crippen molar-refractivity contribution in [1.29, 1.82) is 0 Å². The minimum absolute atomic E-state index is 0.144. The second-order valence-corrected chi connectivity index (χ2v) is 8.61. The average Bonchev–Trinajstić information content (AvgIpc) is 2.50. The molecule has 0 unspecified atom stereocenters. The number of ether oxygens (including phenoxy) is 1. The zero-order chi connectivity index (χ0) is 25.6. The van der Waals surface area contributed by atoms with Crippen molar-refractivity contribution in [2.75, 3.05) is 62.0 Å². The maximum Gasteiger partial charge on any atom is 0.335 e. The van der Waals surface area contributed by atoms with Crippen molar-refractivity contribution in [3.8, 4) is 0 Å². The largest absolute Gasteiger partial charge is 0.481 e. The molecule has 13 heteroatoms. The summed E-state index contributed by atoms with van der Waals surface area (Å²) >= 11 is 0. The molecule has 0 fully saturated rings. The number of hydrogen-bond acceptors (Lipinski definition) is 8. The van der Waals surface area contributed by atoms with Crippen LogP contribution in [0.15, 0.2) is 0 Å². The van der Waals surface area contributed by atoms with Crippen LogP contribution in [0.5, 0.6) is 0 Å². The van der Waals surface area contributed by atoms with Gasteiger partial charge in [0, 0.05) is 6.92 Å². The molecule has 0 rings (SSSR count). The van der Waals surface area contributed by atoms with Crippen molar-refractivity contribution < 1.29 is 63.5 Å². The van der Waals surface area contributed by atoms with Gasteiger partial charge >= 0.3 is 23.9 Å². The smallest absolute Gasteiger partial charge is 0.335 e. The summed E-state index contributed by atoms with van der Waals surface area (Å²) in [4.78, 5) is 40.7. The third-order valence-corrected chi connectivity index (χ3v) is 3.06. The number of aliphatic hydroxyl groups is 3. The maximum atomic E-state index is 10.7. The van der Waals surface area contributed by atoms with Crippen LogP contribution in [0.1, 0.15) is 13.3 Å². The van der Waals surface area contributed by atoms with Crippen LogP contribution in [-0.2, 0) is 23.9 Å². The Morgan fingerprint density at radius 3 is 1.35 bits per heavy atom. The molecule has 13 nitrogen and oxygen atoms in total. The number of nitrogens with zero attached hydrogens (tertiary/aromatic N) is 2. The summed E-state index contributed by atoms with van der Waals surface area (Å²) in [7, 11) is 11.9. The van der Waals surface area contributed by atoms with E-state index in [1.54, 1.807) is 0 Å². The van der Waals surface area contributed by atoms with Gasteiger partial charge in [0.15, 0.2) is 18.3 Å². The molecule has 31 heavy (non-hydrogen) atoms. The summed E-state index contributed by atoms with van der Waals surface area (Å²) in [5.74, 6) is -4.93. The highest BCUT2D eigenvalue weighted by atomic mass is 16.5. The lowest BCUT2D eigenvalue weighted by Gasteiger charge is -2.28. The van der Waals surface area contributed by atoms with Crippen molar-refractivity contribution in [2.24, 2.45) is 0 Å². The second kappa shape index (κ2) is 15.5. The Bertz CT molecular complexity index is 534. The zero-order valence-corrected chi connectivity index (χ0v) is 19.2. The van der Waals surface area contributed by atoms with Gasteiger partial charge in [0.1, 0.15) is 13.1 Å². The van der Waals surface area contributed by atoms with E-state index in [2.05, 4.69) is 21.1 Å². The molecule has 0 heterocycles. The number of likely N-dealkylation sites (N-methyl/N-ethyl adjacent to an activating group) is 2.